The molecule has 1 aromatic heterocycles. The minimum Gasteiger partial charge on any atom is -0.454 e. The number of anilines is 5. The molecule has 4 heteroatoms. The van der Waals surface area contributed by atoms with Crippen molar-refractivity contribution in [1.29, 1.82) is 0 Å². The molecule has 1 aliphatic carbocycles. The summed E-state index contributed by atoms with van der Waals surface area (Å²) >= 11 is 0. The Morgan fingerprint density at radius 3 is 2.08 bits per heavy atom. The Labute approximate surface area is 354 Å². The van der Waals surface area contributed by atoms with Gasteiger partial charge >= 0.3 is 6.85 Å². The number of hydrogen-bond acceptors (Lipinski definition) is 3. The quantitative estimate of drug-likeness (QED) is 0.163. The van der Waals surface area contributed by atoms with E-state index < -0.39 is 0 Å². The third kappa shape index (κ3) is 4.63. The number of fused-ring (bicyclic) bond motifs is 11. The van der Waals surface area contributed by atoms with Gasteiger partial charge in [0, 0.05) is 38.8 Å². The average Bonchev–Trinajstić information content (AvgIpc) is 3.61. The van der Waals surface area contributed by atoms with Crippen LogP contribution in [-0.4, -0.2) is 6.85 Å². The summed E-state index contributed by atoms with van der Waals surface area (Å²) in [4.78, 5) is 5.32. The zero-order chi connectivity index (χ0) is 41.2. The number of aryl methyl sites for hydroxylation is 3. The number of para-hydroxylation sites is 3. The molecule has 0 saturated heterocycles. The molecule has 4 heterocycles. The van der Waals surface area contributed by atoms with E-state index >= 15 is 0 Å². The molecule has 0 atom stereocenters. The summed E-state index contributed by atoms with van der Waals surface area (Å²) in [6.07, 6.45) is 2.34. The van der Waals surface area contributed by atoms with Gasteiger partial charge in [-0.2, -0.15) is 0 Å². The van der Waals surface area contributed by atoms with Crippen molar-refractivity contribution in [3.05, 3.63) is 160 Å². The molecule has 4 aliphatic rings. The van der Waals surface area contributed by atoms with E-state index in [-0.39, 0.29) is 23.1 Å². The fourth-order valence-corrected chi connectivity index (χ4v) is 12.2. The predicted molar refractivity (Wildman–Crippen MR) is 255 cm³/mol. The lowest BCUT2D eigenvalue weighted by molar-refractivity contribution is 0.332. The van der Waals surface area contributed by atoms with Gasteiger partial charge in [-0.3, -0.25) is 0 Å². The van der Waals surface area contributed by atoms with Crippen molar-refractivity contribution < 1.29 is 4.42 Å². The smallest absolute Gasteiger partial charge is 0.333 e. The summed E-state index contributed by atoms with van der Waals surface area (Å²) in [6, 6.07) is 46.6. The van der Waals surface area contributed by atoms with E-state index in [9.17, 15) is 0 Å². The van der Waals surface area contributed by atoms with Crippen molar-refractivity contribution in [2.24, 2.45) is 0 Å². The summed E-state index contributed by atoms with van der Waals surface area (Å²) in [7, 11) is 0. The Bertz CT molecular complexity index is 3170. The molecule has 0 spiro atoms. The van der Waals surface area contributed by atoms with Gasteiger partial charge < -0.3 is 14.1 Å². The van der Waals surface area contributed by atoms with Crippen LogP contribution in [-0.2, 0) is 16.2 Å². The van der Waals surface area contributed by atoms with Crippen LogP contribution in [0.4, 0.5) is 28.4 Å². The van der Waals surface area contributed by atoms with Crippen molar-refractivity contribution in [3.8, 4) is 22.3 Å². The Hall–Kier alpha value is -6.00. The minimum atomic E-state index is -0.203. The van der Waals surface area contributed by atoms with E-state index in [2.05, 4.69) is 193 Å². The largest absolute Gasteiger partial charge is 0.454 e. The van der Waals surface area contributed by atoms with Crippen LogP contribution >= 0.6 is 0 Å². The van der Waals surface area contributed by atoms with E-state index in [0.717, 1.165) is 34.0 Å². The third-order valence-corrected chi connectivity index (χ3v) is 15.1. The summed E-state index contributed by atoms with van der Waals surface area (Å²) in [5, 5.41) is 2.31. The van der Waals surface area contributed by atoms with Crippen LogP contribution in [0.15, 0.2) is 126 Å². The molecule has 0 N–H and O–H groups in total. The average molecular weight is 779 g/mol. The van der Waals surface area contributed by atoms with Gasteiger partial charge in [0.1, 0.15) is 5.58 Å². The first kappa shape index (κ1) is 35.9. The first-order valence-electron chi connectivity index (χ1n) is 21.9. The van der Waals surface area contributed by atoms with Gasteiger partial charge in [0.15, 0.2) is 5.58 Å². The Morgan fingerprint density at radius 1 is 0.567 bits per heavy atom. The second kappa shape index (κ2) is 11.8. The normalized spacial score (nSPS) is 17.2. The van der Waals surface area contributed by atoms with E-state index in [0.29, 0.717) is 0 Å². The van der Waals surface area contributed by atoms with Gasteiger partial charge in [-0.25, -0.2) is 0 Å². The number of rotatable bonds is 2. The summed E-state index contributed by atoms with van der Waals surface area (Å²) in [6.45, 7) is 21.2. The van der Waals surface area contributed by atoms with Crippen LogP contribution in [0.25, 0.3) is 44.2 Å². The van der Waals surface area contributed by atoms with Crippen LogP contribution < -0.4 is 20.6 Å². The second-order valence-electron chi connectivity index (χ2n) is 20.2. The topological polar surface area (TPSA) is 19.6 Å². The van der Waals surface area contributed by atoms with E-state index in [4.69, 9.17) is 4.42 Å². The van der Waals surface area contributed by atoms with Gasteiger partial charge in [0.05, 0.1) is 11.4 Å². The molecule has 0 amide bonds. The van der Waals surface area contributed by atoms with Crippen LogP contribution in [0.3, 0.4) is 0 Å². The Kier molecular flexibility index (Phi) is 7.09. The van der Waals surface area contributed by atoms with Crippen molar-refractivity contribution in [3.63, 3.8) is 0 Å². The molecule has 3 aliphatic heterocycles. The van der Waals surface area contributed by atoms with E-state index in [1.165, 1.54) is 101 Å². The molecule has 0 bridgehead atoms. The lowest BCUT2D eigenvalue weighted by Gasteiger charge is -2.50. The van der Waals surface area contributed by atoms with Gasteiger partial charge in [-0.1, -0.05) is 126 Å². The first-order chi connectivity index (χ1) is 28.7. The first-order valence-corrected chi connectivity index (χ1v) is 21.9. The fourth-order valence-electron chi connectivity index (χ4n) is 12.2. The SMILES string of the molecule is Cc1cc(C)c(-c2cc3c4c(c2)N2c5ccccc5C(C)(C)c5cccc(c52)B4N(c2ccc4c(c2)C(C)(C)CCC4(C)C)c2c-3ccc3c2oc2ccccc23)c(C)c1. The van der Waals surface area contributed by atoms with Crippen LogP contribution in [0.1, 0.15) is 93.3 Å². The maximum absolute atomic E-state index is 7.10. The van der Waals surface area contributed by atoms with Crippen molar-refractivity contribution in [2.75, 3.05) is 9.71 Å². The molecule has 3 nitrogen and oxygen atoms in total. The van der Waals surface area contributed by atoms with Crippen molar-refractivity contribution in [1.82, 2.24) is 0 Å². The molecule has 294 valence electrons. The van der Waals surface area contributed by atoms with Gasteiger partial charge in [0.2, 0.25) is 0 Å². The molecule has 60 heavy (non-hydrogen) atoms. The fraction of sp³-hybridized carbons (Fsp3) is 0.250. The molecule has 0 fully saturated rings. The lowest BCUT2D eigenvalue weighted by Crippen LogP contribution is -2.62. The number of benzene rings is 7. The van der Waals surface area contributed by atoms with Crippen molar-refractivity contribution >= 4 is 68.1 Å². The minimum absolute atomic E-state index is 0.0512. The monoisotopic (exact) mass is 778 g/mol. The van der Waals surface area contributed by atoms with Crippen LogP contribution in [0.5, 0.6) is 0 Å². The summed E-state index contributed by atoms with van der Waals surface area (Å²) < 4.78 is 7.10. The standard InChI is InChI=1S/C56H51BN2O/c1-32-27-33(2)49(34(3)28-32)35-29-40-38-22-23-39-37-15-10-13-20-48(37)60-53(39)51(38)59(36-21-24-41-44(31-36)55(6,7)26-25-54(41,4)5)57-45-18-14-17-43-52(45)58(47(30-35)50(40)57)46-19-12-11-16-42(46)56(43,8)9/h10-24,27-31H,25-26H2,1-9H3. The molecular formula is C56H51BN2O. The highest BCUT2D eigenvalue weighted by molar-refractivity contribution is 6.94. The van der Waals surface area contributed by atoms with Gasteiger partial charge in [-0.05, 0) is 148 Å². The second-order valence-corrected chi connectivity index (χ2v) is 20.2. The molecule has 0 saturated carbocycles. The molecular weight excluding hydrogens is 727 g/mol. The highest BCUT2D eigenvalue weighted by atomic mass is 16.3. The van der Waals surface area contributed by atoms with Gasteiger partial charge in [0.25, 0.3) is 0 Å². The number of furan rings is 1. The van der Waals surface area contributed by atoms with Crippen LogP contribution in [0.2, 0.25) is 0 Å². The predicted octanol–water partition coefficient (Wildman–Crippen LogP) is 13.9. The van der Waals surface area contributed by atoms with Gasteiger partial charge in [-0.15, -0.1) is 0 Å². The van der Waals surface area contributed by atoms with E-state index in [1.54, 1.807) is 0 Å². The highest BCUT2D eigenvalue weighted by Crippen LogP contribution is 2.57. The molecule has 0 unspecified atom stereocenters. The van der Waals surface area contributed by atoms with E-state index in [1.807, 2.05) is 0 Å². The molecule has 12 rings (SSSR count). The number of hydrogen-bond donors (Lipinski definition) is 0. The number of nitrogens with zero attached hydrogens (tertiary/aromatic N) is 2. The summed E-state index contributed by atoms with van der Waals surface area (Å²) in [5.41, 5.74) is 25.3. The van der Waals surface area contributed by atoms with Crippen molar-refractivity contribution in [2.45, 2.75) is 91.4 Å². The molecule has 7 aromatic carbocycles. The zero-order valence-corrected chi connectivity index (χ0v) is 36.3. The Morgan fingerprint density at radius 2 is 1.28 bits per heavy atom. The maximum atomic E-state index is 7.10. The molecule has 0 radical (unpaired) electrons. The Balaban J connectivity index is 1.26. The maximum Gasteiger partial charge on any atom is 0.333 e. The third-order valence-electron chi connectivity index (χ3n) is 15.1. The van der Waals surface area contributed by atoms with Crippen LogP contribution in [0, 0.1) is 20.8 Å². The zero-order valence-electron chi connectivity index (χ0n) is 36.3. The lowest BCUT2D eigenvalue weighted by atomic mass is 9.42. The molecule has 8 aromatic rings. The highest BCUT2D eigenvalue weighted by Gasteiger charge is 2.50. The summed E-state index contributed by atoms with van der Waals surface area (Å²) in [5.74, 6) is 0.